The third-order valence-electron chi connectivity index (χ3n) is 2.67. The van der Waals surface area contributed by atoms with Gasteiger partial charge in [0.1, 0.15) is 0 Å². The summed E-state index contributed by atoms with van der Waals surface area (Å²) in [5.41, 5.74) is 13.6. The first-order chi connectivity index (χ1) is 9.08. The highest BCUT2D eigenvalue weighted by atomic mass is 14.7. The number of nitrogens with zero attached hydrogens (tertiary/aromatic N) is 1. The molecule has 1 heterocycles. The molecule has 0 fully saturated rings. The molecule has 0 aliphatic carbocycles. The van der Waals surface area contributed by atoms with E-state index in [1.165, 1.54) is 0 Å². The Morgan fingerprint density at radius 3 is 2.10 bits per heavy atom. The molecular weight excluding hydrogens is 246 g/mol. The van der Waals surface area contributed by atoms with Gasteiger partial charge in [-0.05, 0) is 49.9 Å². The highest BCUT2D eigenvalue weighted by Crippen LogP contribution is 2.24. The van der Waals surface area contributed by atoms with E-state index in [9.17, 15) is 0 Å². The summed E-state index contributed by atoms with van der Waals surface area (Å²) in [6.07, 6.45) is 2.84. The molecule has 1 aromatic heterocycles. The smallest absolute Gasteiger partial charge is 0.0722 e. The van der Waals surface area contributed by atoms with Crippen molar-refractivity contribution in [1.29, 1.82) is 0 Å². The van der Waals surface area contributed by atoms with Gasteiger partial charge in [0.15, 0.2) is 0 Å². The highest BCUT2D eigenvalue weighted by molar-refractivity contribution is 5.89. The Balaban J connectivity index is 0.000000206. The van der Waals surface area contributed by atoms with Gasteiger partial charge in [0.25, 0.3) is 0 Å². The Hall–Kier alpha value is -1.61. The van der Waals surface area contributed by atoms with E-state index in [0.29, 0.717) is 5.41 Å². The zero-order chi connectivity index (χ0) is 15.4. The predicted molar refractivity (Wildman–Crippen MR) is 88.5 cm³/mol. The molecule has 0 aliphatic heterocycles. The Kier molecular flexibility index (Phi) is 5.12. The van der Waals surface area contributed by atoms with Crippen LogP contribution in [-0.4, -0.2) is 10.5 Å². The van der Waals surface area contributed by atoms with Crippen LogP contribution in [0.15, 0.2) is 36.5 Å². The fraction of sp³-hybridized carbons (Fsp3) is 0.471. The summed E-state index contributed by atoms with van der Waals surface area (Å²) in [6.45, 7) is 10.8. The normalized spacial score (nSPS) is 11.9. The maximum atomic E-state index is 5.82. The zero-order valence-corrected chi connectivity index (χ0v) is 13.3. The van der Waals surface area contributed by atoms with Crippen molar-refractivity contribution in [2.45, 2.75) is 46.6 Å². The van der Waals surface area contributed by atoms with Gasteiger partial charge in [0, 0.05) is 22.8 Å². The third-order valence-corrected chi connectivity index (χ3v) is 2.67. The number of benzene rings is 1. The van der Waals surface area contributed by atoms with E-state index in [-0.39, 0.29) is 5.54 Å². The van der Waals surface area contributed by atoms with Gasteiger partial charge in [-0.25, -0.2) is 0 Å². The van der Waals surface area contributed by atoms with Gasteiger partial charge >= 0.3 is 0 Å². The second-order valence-electron chi connectivity index (χ2n) is 7.14. The Labute approximate surface area is 122 Å². The summed E-state index contributed by atoms with van der Waals surface area (Å²) >= 11 is 0. The molecule has 0 saturated carbocycles. The summed E-state index contributed by atoms with van der Waals surface area (Å²) in [4.78, 5) is 4.16. The van der Waals surface area contributed by atoms with Crippen LogP contribution in [0.5, 0.6) is 0 Å². The topological polar surface area (TPSA) is 64.9 Å². The van der Waals surface area contributed by atoms with Crippen molar-refractivity contribution < 1.29 is 0 Å². The van der Waals surface area contributed by atoms with Crippen LogP contribution in [0.4, 0.5) is 5.69 Å². The maximum Gasteiger partial charge on any atom is 0.0722 e. The van der Waals surface area contributed by atoms with Crippen molar-refractivity contribution in [3.8, 4) is 0 Å². The van der Waals surface area contributed by atoms with E-state index in [4.69, 9.17) is 11.5 Å². The zero-order valence-electron chi connectivity index (χ0n) is 13.3. The van der Waals surface area contributed by atoms with E-state index in [1.807, 2.05) is 30.3 Å². The number of nitrogen functional groups attached to an aromatic ring is 1. The van der Waals surface area contributed by atoms with Crippen molar-refractivity contribution in [2.75, 3.05) is 5.73 Å². The number of rotatable bonds is 1. The molecule has 0 bridgehead atoms. The lowest BCUT2D eigenvalue weighted by Gasteiger charge is -2.28. The van der Waals surface area contributed by atoms with Crippen LogP contribution in [0.2, 0.25) is 0 Å². The van der Waals surface area contributed by atoms with Crippen LogP contribution in [0.3, 0.4) is 0 Å². The molecule has 0 aliphatic rings. The third kappa shape index (κ3) is 6.02. The molecule has 3 nitrogen and oxygen atoms in total. The van der Waals surface area contributed by atoms with Crippen molar-refractivity contribution in [3.63, 3.8) is 0 Å². The van der Waals surface area contributed by atoms with Crippen LogP contribution in [-0.2, 0) is 0 Å². The number of aromatic nitrogens is 1. The second kappa shape index (κ2) is 6.23. The van der Waals surface area contributed by atoms with Gasteiger partial charge < -0.3 is 11.5 Å². The van der Waals surface area contributed by atoms with E-state index >= 15 is 0 Å². The number of nitrogens with two attached hydrogens (primary N) is 2. The number of anilines is 1. The van der Waals surface area contributed by atoms with E-state index in [1.54, 1.807) is 6.20 Å². The fourth-order valence-electron chi connectivity index (χ4n) is 2.49. The molecule has 3 heteroatoms. The molecular formula is C17H27N3. The lowest BCUT2D eigenvalue weighted by molar-refractivity contribution is 0.286. The molecule has 0 unspecified atom stereocenters. The average molecular weight is 273 g/mol. The fourth-order valence-corrected chi connectivity index (χ4v) is 2.49. The van der Waals surface area contributed by atoms with Crippen molar-refractivity contribution in [1.82, 2.24) is 4.98 Å². The number of hydrogen-bond donors (Lipinski definition) is 2. The largest absolute Gasteiger partial charge is 0.398 e. The van der Waals surface area contributed by atoms with Crippen molar-refractivity contribution in [3.05, 3.63) is 36.5 Å². The summed E-state index contributed by atoms with van der Waals surface area (Å²) in [5, 5.41) is 1.02. The monoisotopic (exact) mass is 273 g/mol. The summed E-state index contributed by atoms with van der Waals surface area (Å²) < 4.78 is 0. The Bertz CT molecular complexity index is 531. The van der Waals surface area contributed by atoms with Crippen LogP contribution < -0.4 is 11.5 Å². The van der Waals surface area contributed by atoms with E-state index < -0.39 is 0 Å². The Morgan fingerprint density at radius 1 is 1.00 bits per heavy atom. The summed E-state index contributed by atoms with van der Waals surface area (Å²) in [5.74, 6) is 0. The second-order valence-corrected chi connectivity index (χ2v) is 7.14. The standard InChI is InChI=1S/C9H8N2.C8H19N/c10-8-4-1-5-9-7(8)3-2-6-11-9;1-7(2,3)6-8(4,5)9/h1-6H,10H2;6,9H2,1-5H3. The quantitative estimate of drug-likeness (QED) is 0.772. The first kappa shape index (κ1) is 16.4. The van der Waals surface area contributed by atoms with Gasteiger partial charge in [-0.2, -0.15) is 0 Å². The van der Waals surface area contributed by atoms with Crippen LogP contribution in [0.1, 0.15) is 41.0 Å². The van der Waals surface area contributed by atoms with E-state index in [0.717, 1.165) is 23.0 Å². The first-order valence-electron chi connectivity index (χ1n) is 6.97. The Morgan fingerprint density at radius 2 is 1.65 bits per heavy atom. The molecule has 2 rings (SSSR count). The number of pyridine rings is 1. The van der Waals surface area contributed by atoms with Crippen molar-refractivity contribution in [2.24, 2.45) is 11.1 Å². The van der Waals surface area contributed by atoms with Crippen LogP contribution in [0, 0.1) is 5.41 Å². The number of hydrogen-bond acceptors (Lipinski definition) is 3. The lowest BCUT2D eigenvalue weighted by Crippen LogP contribution is -2.36. The van der Waals surface area contributed by atoms with Crippen molar-refractivity contribution >= 4 is 16.6 Å². The molecule has 0 amide bonds. The summed E-state index contributed by atoms with van der Waals surface area (Å²) in [7, 11) is 0. The van der Waals surface area contributed by atoms with Gasteiger partial charge in [-0.3, -0.25) is 4.98 Å². The average Bonchev–Trinajstić information content (AvgIpc) is 2.25. The molecule has 4 N–H and O–H groups in total. The minimum Gasteiger partial charge on any atom is -0.398 e. The molecule has 20 heavy (non-hydrogen) atoms. The van der Waals surface area contributed by atoms with Gasteiger partial charge in [0.05, 0.1) is 5.52 Å². The van der Waals surface area contributed by atoms with E-state index in [2.05, 4.69) is 39.6 Å². The highest BCUT2D eigenvalue weighted by Gasteiger charge is 2.20. The minimum atomic E-state index is -0.0156. The van der Waals surface area contributed by atoms with Gasteiger partial charge in [-0.1, -0.05) is 26.8 Å². The molecule has 0 spiro atoms. The molecule has 2 aromatic rings. The molecule has 1 aromatic carbocycles. The molecule has 0 atom stereocenters. The predicted octanol–water partition coefficient (Wildman–Crippen LogP) is 3.98. The minimum absolute atomic E-state index is 0.0156. The first-order valence-corrected chi connectivity index (χ1v) is 6.97. The summed E-state index contributed by atoms with van der Waals surface area (Å²) in [6, 6.07) is 9.59. The molecule has 0 saturated heterocycles. The molecule has 110 valence electrons. The molecule has 0 radical (unpaired) electrons. The maximum absolute atomic E-state index is 5.82. The van der Waals surface area contributed by atoms with Crippen LogP contribution >= 0.6 is 0 Å². The van der Waals surface area contributed by atoms with Crippen LogP contribution in [0.25, 0.3) is 10.9 Å². The van der Waals surface area contributed by atoms with Gasteiger partial charge in [-0.15, -0.1) is 0 Å². The number of fused-ring (bicyclic) bond motifs is 1. The lowest BCUT2D eigenvalue weighted by atomic mass is 9.82. The van der Waals surface area contributed by atoms with Gasteiger partial charge in [0.2, 0.25) is 0 Å². The SMILES string of the molecule is CC(C)(C)CC(C)(C)N.Nc1cccc2ncccc12.